The van der Waals surface area contributed by atoms with Crippen molar-refractivity contribution in [2.75, 3.05) is 26.2 Å². The average molecular weight is 355 g/mol. The van der Waals surface area contributed by atoms with Gasteiger partial charge in [-0.2, -0.15) is 5.10 Å². The van der Waals surface area contributed by atoms with Crippen LogP contribution in [-0.4, -0.2) is 37.4 Å². The standard InChI is InChI=1S/C21H24ClN3/c1-18-7-9-20(10-8-18)17-24-11-13-25(14-12-24)23-16-21(22)15-19-5-3-2-4-6-19/h2-10,15-16H,11-14,17H2,1H3/p+1/b21-15+,23-16-. The summed E-state index contributed by atoms with van der Waals surface area (Å²) < 4.78 is 0. The van der Waals surface area contributed by atoms with Gasteiger partial charge in [-0.15, -0.1) is 0 Å². The molecule has 1 aliphatic heterocycles. The van der Waals surface area contributed by atoms with Crippen molar-refractivity contribution in [3.8, 4) is 0 Å². The molecule has 0 aromatic heterocycles. The number of benzene rings is 2. The lowest BCUT2D eigenvalue weighted by atomic mass is 10.1. The van der Waals surface area contributed by atoms with Gasteiger partial charge in [0.15, 0.2) is 0 Å². The minimum atomic E-state index is 0.653. The van der Waals surface area contributed by atoms with Gasteiger partial charge in [0.05, 0.1) is 37.4 Å². The molecular formula is C21H25ClN3+. The second-order valence-corrected chi connectivity index (χ2v) is 6.99. The van der Waals surface area contributed by atoms with Gasteiger partial charge in [0.1, 0.15) is 6.54 Å². The van der Waals surface area contributed by atoms with E-state index in [0.717, 1.165) is 38.3 Å². The van der Waals surface area contributed by atoms with Crippen LogP contribution in [0.1, 0.15) is 16.7 Å². The molecule has 1 saturated heterocycles. The molecule has 0 amide bonds. The highest BCUT2D eigenvalue weighted by Crippen LogP contribution is 2.08. The Kier molecular flexibility index (Phi) is 6.26. The highest BCUT2D eigenvalue weighted by atomic mass is 35.5. The van der Waals surface area contributed by atoms with Crippen molar-refractivity contribution >= 4 is 23.9 Å². The third-order valence-electron chi connectivity index (χ3n) is 4.47. The van der Waals surface area contributed by atoms with Crippen molar-refractivity contribution in [3.63, 3.8) is 0 Å². The Hall–Kier alpha value is -2.10. The summed E-state index contributed by atoms with van der Waals surface area (Å²) in [4.78, 5) is 1.61. The molecule has 0 spiro atoms. The number of allylic oxidation sites excluding steroid dienone is 1. The van der Waals surface area contributed by atoms with Gasteiger partial charge in [-0.3, -0.25) is 5.01 Å². The van der Waals surface area contributed by atoms with Crippen LogP contribution in [0.3, 0.4) is 0 Å². The van der Waals surface area contributed by atoms with Crippen LogP contribution < -0.4 is 4.90 Å². The summed E-state index contributed by atoms with van der Waals surface area (Å²) in [5.74, 6) is 0. The van der Waals surface area contributed by atoms with Gasteiger partial charge in [0, 0.05) is 5.56 Å². The van der Waals surface area contributed by atoms with Gasteiger partial charge in [0.25, 0.3) is 0 Å². The Labute approximate surface area is 155 Å². The smallest absolute Gasteiger partial charge is 0.103 e. The third-order valence-corrected chi connectivity index (χ3v) is 4.68. The number of nitrogens with zero attached hydrogens (tertiary/aromatic N) is 2. The summed E-state index contributed by atoms with van der Waals surface area (Å²) in [5, 5.41) is 7.29. The monoisotopic (exact) mass is 354 g/mol. The molecule has 0 aliphatic carbocycles. The maximum Gasteiger partial charge on any atom is 0.103 e. The molecule has 0 saturated carbocycles. The van der Waals surface area contributed by atoms with Gasteiger partial charge in [-0.05, 0) is 18.6 Å². The van der Waals surface area contributed by atoms with Crippen molar-refractivity contribution < 1.29 is 4.90 Å². The first kappa shape index (κ1) is 17.7. The summed E-state index contributed by atoms with van der Waals surface area (Å²) in [6.45, 7) is 7.36. The molecule has 3 rings (SSSR count). The minimum absolute atomic E-state index is 0.653. The quantitative estimate of drug-likeness (QED) is 0.818. The van der Waals surface area contributed by atoms with Crippen molar-refractivity contribution in [1.29, 1.82) is 0 Å². The SMILES string of the molecule is Cc1ccc(C[NH+]2CCN(/N=C\C(Cl)=C/c3ccccc3)CC2)cc1. The lowest BCUT2D eigenvalue weighted by Crippen LogP contribution is -3.13. The van der Waals surface area contributed by atoms with Crippen LogP contribution in [-0.2, 0) is 6.54 Å². The molecule has 2 aromatic carbocycles. The number of hydrogen-bond donors (Lipinski definition) is 1. The molecular weight excluding hydrogens is 330 g/mol. The van der Waals surface area contributed by atoms with E-state index in [1.54, 1.807) is 11.1 Å². The highest BCUT2D eigenvalue weighted by Gasteiger charge is 2.18. The number of hydrogen-bond acceptors (Lipinski definition) is 2. The first-order valence-corrected chi connectivity index (χ1v) is 9.17. The summed E-state index contributed by atoms with van der Waals surface area (Å²) in [6.07, 6.45) is 3.68. The van der Waals surface area contributed by atoms with Crippen molar-refractivity contribution in [2.24, 2.45) is 5.10 Å². The van der Waals surface area contributed by atoms with E-state index in [2.05, 4.69) is 41.3 Å². The number of piperazine rings is 1. The van der Waals surface area contributed by atoms with Gasteiger partial charge >= 0.3 is 0 Å². The number of hydrazone groups is 1. The molecule has 0 bridgehead atoms. The van der Waals surface area contributed by atoms with Crippen molar-refractivity contribution in [2.45, 2.75) is 13.5 Å². The molecule has 1 heterocycles. The van der Waals surface area contributed by atoms with Gasteiger partial charge in [0.2, 0.25) is 0 Å². The fourth-order valence-corrected chi connectivity index (χ4v) is 3.15. The molecule has 1 N–H and O–H groups in total. The molecule has 130 valence electrons. The molecule has 0 atom stereocenters. The molecule has 0 unspecified atom stereocenters. The van der Waals surface area contributed by atoms with Crippen LogP contribution in [0.2, 0.25) is 0 Å². The van der Waals surface area contributed by atoms with Crippen LogP contribution >= 0.6 is 11.6 Å². The van der Waals surface area contributed by atoms with Gasteiger partial charge in [-0.25, -0.2) is 0 Å². The summed E-state index contributed by atoms with van der Waals surface area (Å²) in [7, 11) is 0. The Morgan fingerprint density at radius 2 is 1.76 bits per heavy atom. The topological polar surface area (TPSA) is 20.0 Å². The van der Waals surface area contributed by atoms with Gasteiger partial charge in [-0.1, -0.05) is 71.8 Å². The summed E-state index contributed by atoms with van der Waals surface area (Å²) >= 11 is 6.26. The summed E-state index contributed by atoms with van der Waals surface area (Å²) in [5.41, 5.74) is 3.82. The number of halogens is 1. The minimum Gasteiger partial charge on any atom is -0.328 e. The van der Waals surface area contributed by atoms with E-state index in [9.17, 15) is 0 Å². The van der Waals surface area contributed by atoms with E-state index >= 15 is 0 Å². The maximum absolute atomic E-state index is 6.26. The predicted molar refractivity (Wildman–Crippen MR) is 106 cm³/mol. The second-order valence-electron chi connectivity index (χ2n) is 6.55. The zero-order valence-corrected chi connectivity index (χ0v) is 15.4. The lowest BCUT2D eigenvalue weighted by Gasteiger charge is -2.30. The third kappa shape index (κ3) is 5.73. The summed E-state index contributed by atoms with van der Waals surface area (Å²) in [6, 6.07) is 18.9. The van der Waals surface area contributed by atoms with E-state index < -0.39 is 0 Å². The number of nitrogens with one attached hydrogen (secondary N) is 1. The van der Waals surface area contributed by atoms with E-state index in [4.69, 9.17) is 11.6 Å². The first-order chi connectivity index (χ1) is 12.2. The van der Waals surface area contributed by atoms with Crippen LogP contribution in [0.15, 0.2) is 64.7 Å². The molecule has 25 heavy (non-hydrogen) atoms. The highest BCUT2D eigenvalue weighted by molar-refractivity contribution is 6.41. The average Bonchev–Trinajstić information content (AvgIpc) is 2.64. The van der Waals surface area contributed by atoms with Crippen LogP contribution in [0.4, 0.5) is 0 Å². The molecule has 1 fully saturated rings. The fourth-order valence-electron chi connectivity index (χ4n) is 2.98. The number of rotatable bonds is 5. The number of quaternary nitrogens is 1. The van der Waals surface area contributed by atoms with E-state index in [1.165, 1.54) is 11.1 Å². The molecule has 1 aliphatic rings. The predicted octanol–water partition coefficient (Wildman–Crippen LogP) is 2.96. The van der Waals surface area contributed by atoms with E-state index in [1.807, 2.05) is 36.4 Å². The molecule has 3 nitrogen and oxygen atoms in total. The van der Waals surface area contributed by atoms with Crippen molar-refractivity contribution in [1.82, 2.24) is 5.01 Å². The second kappa shape index (κ2) is 8.84. The Morgan fingerprint density at radius 1 is 1.08 bits per heavy atom. The van der Waals surface area contributed by atoms with Crippen LogP contribution in [0.25, 0.3) is 6.08 Å². The Balaban J connectivity index is 1.47. The van der Waals surface area contributed by atoms with Crippen molar-refractivity contribution in [3.05, 3.63) is 76.3 Å². The van der Waals surface area contributed by atoms with Crippen LogP contribution in [0.5, 0.6) is 0 Å². The Bertz CT molecular complexity index is 715. The van der Waals surface area contributed by atoms with Crippen LogP contribution in [0, 0.1) is 6.92 Å². The largest absolute Gasteiger partial charge is 0.328 e. The molecule has 2 aromatic rings. The van der Waals surface area contributed by atoms with E-state index in [-0.39, 0.29) is 0 Å². The fraction of sp³-hybridized carbons (Fsp3) is 0.286. The maximum atomic E-state index is 6.26. The number of aryl methyl sites for hydroxylation is 1. The van der Waals surface area contributed by atoms with Gasteiger partial charge < -0.3 is 4.90 Å². The lowest BCUT2D eigenvalue weighted by molar-refractivity contribution is -0.918. The van der Waals surface area contributed by atoms with E-state index in [0.29, 0.717) is 5.03 Å². The molecule has 0 radical (unpaired) electrons. The zero-order chi connectivity index (χ0) is 17.5. The normalized spacial score (nSPS) is 16.6. The zero-order valence-electron chi connectivity index (χ0n) is 14.7. The molecule has 4 heteroatoms. The Morgan fingerprint density at radius 3 is 2.44 bits per heavy atom. The first-order valence-electron chi connectivity index (χ1n) is 8.79.